The Bertz CT molecular complexity index is 1100. The number of nitriles is 1. The van der Waals surface area contributed by atoms with Gasteiger partial charge in [0.2, 0.25) is 0 Å². The molecule has 1 amide bonds. The second-order valence-corrected chi connectivity index (χ2v) is 7.03. The second kappa shape index (κ2) is 8.28. The largest absolute Gasteiger partial charge is 0.506 e. The van der Waals surface area contributed by atoms with Gasteiger partial charge in [-0.3, -0.25) is 4.79 Å². The van der Waals surface area contributed by atoms with Gasteiger partial charge in [-0.25, -0.2) is 9.19 Å². The highest BCUT2D eigenvalue weighted by Crippen LogP contribution is 2.21. The van der Waals surface area contributed by atoms with Crippen molar-refractivity contribution < 1.29 is 18.6 Å². The third-order valence-electron chi connectivity index (χ3n) is 3.73. The summed E-state index contributed by atoms with van der Waals surface area (Å²) >= 11 is 0. The van der Waals surface area contributed by atoms with E-state index in [4.69, 9.17) is 4.52 Å². The molecule has 140 valence electrons. The molecule has 0 aliphatic heterocycles. The SMILES string of the molecule is Cc1oncc1/C(O)=C(\C#N)C(=O)Nc1ccc(S(=O)c2ccccc2)cn1. The van der Waals surface area contributed by atoms with Crippen molar-refractivity contribution in [1.82, 2.24) is 10.1 Å². The van der Waals surface area contributed by atoms with Crippen molar-refractivity contribution in [2.75, 3.05) is 5.32 Å². The Labute approximate surface area is 162 Å². The van der Waals surface area contributed by atoms with E-state index >= 15 is 0 Å². The summed E-state index contributed by atoms with van der Waals surface area (Å²) in [5.74, 6) is -0.976. The first kappa shape index (κ1) is 19.0. The van der Waals surface area contributed by atoms with E-state index in [-0.39, 0.29) is 17.1 Å². The summed E-state index contributed by atoms with van der Waals surface area (Å²) < 4.78 is 17.3. The predicted octanol–water partition coefficient (Wildman–Crippen LogP) is 2.98. The molecule has 0 spiro atoms. The molecule has 0 aliphatic carbocycles. The molecule has 3 rings (SSSR count). The van der Waals surface area contributed by atoms with Crippen LogP contribution in [0.15, 0.2) is 74.7 Å². The van der Waals surface area contributed by atoms with Gasteiger partial charge in [-0.05, 0) is 31.2 Å². The molecule has 8 nitrogen and oxygen atoms in total. The van der Waals surface area contributed by atoms with Crippen LogP contribution in [-0.2, 0) is 15.6 Å². The molecule has 2 aromatic heterocycles. The molecular formula is C19H14N4O4S. The van der Waals surface area contributed by atoms with Crippen molar-refractivity contribution >= 4 is 28.3 Å². The van der Waals surface area contributed by atoms with E-state index in [2.05, 4.69) is 15.5 Å². The van der Waals surface area contributed by atoms with Gasteiger partial charge in [0.1, 0.15) is 17.6 Å². The van der Waals surface area contributed by atoms with Gasteiger partial charge in [-0.1, -0.05) is 23.4 Å². The van der Waals surface area contributed by atoms with Crippen LogP contribution in [0.1, 0.15) is 11.3 Å². The summed E-state index contributed by atoms with van der Waals surface area (Å²) in [6.07, 6.45) is 2.58. The number of hydrogen-bond donors (Lipinski definition) is 2. The number of aliphatic hydroxyl groups is 1. The van der Waals surface area contributed by atoms with E-state index in [0.29, 0.717) is 9.79 Å². The Kier molecular flexibility index (Phi) is 5.62. The summed E-state index contributed by atoms with van der Waals surface area (Å²) in [6.45, 7) is 1.54. The Morgan fingerprint density at radius 2 is 1.93 bits per heavy atom. The predicted molar refractivity (Wildman–Crippen MR) is 100 cm³/mol. The van der Waals surface area contributed by atoms with Gasteiger partial charge >= 0.3 is 0 Å². The van der Waals surface area contributed by atoms with E-state index < -0.39 is 28.0 Å². The zero-order valence-electron chi connectivity index (χ0n) is 14.6. The van der Waals surface area contributed by atoms with E-state index in [1.54, 1.807) is 43.3 Å². The third kappa shape index (κ3) is 3.97. The lowest BCUT2D eigenvalue weighted by Gasteiger charge is -2.06. The number of aryl methyl sites for hydroxylation is 1. The highest BCUT2D eigenvalue weighted by Gasteiger charge is 2.20. The van der Waals surface area contributed by atoms with Gasteiger partial charge < -0.3 is 14.9 Å². The fourth-order valence-electron chi connectivity index (χ4n) is 2.29. The molecule has 1 aromatic carbocycles. The molecule has 0 bridgehead atoms. The van der Waals surface area contributed by atoms with Gasteiger partial charge in [0.05, 0.1) is 27.5 Å². The number of pyridine rings is 1. The van der Waals surface area contributed by atoms with Crippen LogP contribution in [0, 0.1) is 18.3 Å². The molecule has 0 aliphatic rings. The van der Waals surface area contributed by atoms with E-state index in [0.717, 1.165) is 0 Å². The van der Waals surface area contributed by atoms with Crippen LogP contribution in [0.2, 0.25) is 0 Å². The van der Waals surface area contributed by atoms with Gasteiger partial charge in [0.15, 0.2) is 11.3 Å². The quantitative estimate of drug-likeness (QED) is 0.386. The minimum atomic E-state index is -1.40. The molecule has 0 fully saturated rings. The van der Waals surface area contributed by atoms with E-state index in [1.807, 2.05) is 6.07 Å². The maximum Gasteiger partial charge on any atom is 0.271 e. The first-order valence-corrected chi connectivity index (χ1v) is 9.15. The number of benzene rings is 1. The lowest BCUT2D eigenvalue weighted by Crippen LogP contribution is -2.16. The number of nitrogens with one attached hydrogen (secondary N) is 1. The lowest BCUT2D eigenvalue weighted by atomic mass is 10.1. The normalized spacial score (nSPS) is 12.6. The zero-order valence-corrected chi connectivity index (χ0v) is 15.4. The number of aliphatic hydroxyl groups excluding tert-OH is 1. The van der Waals surface area contributed by atoms with Crippen LogP contribution in [-0.4, -0.2) is 25.4 Å². The molecule has 3 aromatic rings. The summed E-state index contributed by atoms with van der Waals surface area (Å²) in [5, 5.41) is 25.3. The highest BCUT2D eigenvalue weighted by molar-refractivity contribution is 7.85. The minimum Gasteiger partial charge on any atom is -0.506 e. The van der Waals surface area contributed by atoms with E-state index in [9.17, 15) is 19.4 Å². The Hall–Kier alpha value is -3.77. The van der Waals surface area contributed by atoms with Crippen LogP contribution in [0.4, 0.5) is 5.82 Å². The Balaban J connectivity index is 1.78. The summed E-state index contributed by atoms with van der Waals surface area (Å²) in [6, 6.07) is 13.6. The summed E-state index contributed by atoms with van der Waals surface area (Å²) in [5.41, 5.74) is -0.363. The Morgan fingerprint density at radius 1 is 1.18 bits per heavy atom. The van der Waals surface area contributed by atoms with Crippen LogP contribution < -0.4 is 5.32 Å². The second-order valence-electron chi connectivity index (χ2n) is 5.55. The smallest absolute Gasteiger partial charge is 0.271 e. The van der Waals surface area contributed by atoms with Gasteiger partial charge in [0, 0.05) is 11.1 Å². The molecule has 1 atom stereocenters. The third-order valence-corrected chi connectivity index (χ3v) is 5.10. The number of aromatic nitrogens is 2. The fraction of sp³-hybridized carbons (Fsp3) is 0.0526. The first-order valence-electron chi connectivity index (χ1n) is 8.00. The van der Waals surface area contributed by atoms with Gasteiger partial charge in [-0.2, -0.15) is 5.26 Å². The van der Waals surface area contributed by atoms with E-state index in [1.165, 1.54) is 18.5 Å². The van der Waals surface area contributed by atoms with Crippen molar-refractivity contribution in [1.29, 1.82) is 5.26 Å². The number of hydrogen-bond acceptors (Lipinski definition) is 7. The fourth-order valence-corrected chi connectivity index (χ4v) is 3.31. The molecule has 0 radical (unpaired) electrons. The van der Waals surface area contributed by atoms with Crippen LogP contribution in [0.3, 0.4) is 0 Å². The minimum absolute atomic E-state index is 0.140. The number of amides is 1. The van der Waals surface area contributed by atoms with Crippen molar-refractivity contribution in [3.05, 3.63) is 71.8 Å². The number of nitrogens with zero attached hydrogens (tertiary/aromatic N) is 3. The zero-order chi connectivity index (χ0) is 20.1. The maximum atomic E-state index is 12.5. The van der Waals surface area contributed by atoms with Crippen LogP contribution >= 0.6 is 0 Å². The first-order chi connectivity index (χ1) is 13.5. The lowest BCUT2D eigenvalue weighted by molar-refractivity contribution is -0.112. The number of carbonyl (C=O) groups excluding carboxylic acids is 1. The van der Waals surface area contributed by atoms with Crippen LogP contribution in [0.25, 0.3) is 5.76 Å². The topological polar surface area (TPSA) is 129 Å². The molecule has 0 saturated carbocycles. The number of anilines is 1. The number of rotatable bonds is 5. The monoisotopic (exact) mass is 394 g/mol. The summed E-state index contributed by atoms with van der Waals surface area (Å²) in [4.78, 5) is 17.5. The van der Waals surface area contributed by atoms with Crippen molar-refractivity contribution in [3.63, 3.8) is 0 Å². The average molecular weight is 394 g/mol. The average Bonchev–Trinajstić information content (AvgIpc) is 3.15. The van der Waals surface area contributed by atoms with Gasteiger partial charge in [0.25, 0.3) is 5.91 Å². The molecule has 9 heteroatoms. The number of carbonyl (C=O) groups is 1. The van der Waals surface area contributed by atoms with Crippen molar-refractivity contribution in [2.24, 2.45) is 0 Å². The standard InChI is InChI=1S/C19H14N4O4S/c1-12-16(11-22-27-12)18(24)15(9-20)19(25)23-17-8-7-14(10-21-17)28(26)13-5-3-2-4-6-13/h2-8,10-11,24H,1H3,(H,21,23,25)/b18-15-. The molecule has 28 heavy (non-hydrogen) atoms. The van der Waals surface area contributed by atoms with Crippen molar-refractivity contribution in [2.45, 2.75) is 16.7 Å². The molecule has 2 N–H and O–H groups in total. The molecule has 0 saturated heterocycles. The molecular weight excluding hydrogens is 380 g/mol. The van der Waals surface area contributed by atoms with Crippen molar-refractivity contribution in [3.8, 4) is 6.07 Å². The highest BCUT2D eigenvalue weighted by atomic mass is 32.2. The Morgan fingerprint density at radius 3 is 2.50 bits per heavy atom. The maximum absolute atomic E-state index is 12.5. The van der Waals surface area contributed by atoms with Gasteiger partial charge in [-0.15, -0.1) is 0 Å². The van der Waals surface area contributed by atoms with Crippen LogP contribution in [0.5, 0.6) is 0 Å². The summed E-state index contributed by atoms with van der Waals surface area (Å²) in [7, 11) is -1.40. The molecule has 1 unspecified atom stereocenters. The molecule has 2 heterocycles.